The highest BCUT2D eigenvalue weighted by atomic mass is 16.5. The number of nitrogens with zero attached hydrogens (tertiary/aromatic N) is 3. The van der Waals surface area contributed by atoms with Crippen LogP contribution in [0.5, 0.6) is 0 Å². The average molecular weight is 1020 g/mol. The van der Waals surface area contributed by atoms with E-state index in [1.165, 1.54) is 135 Å². The molecule has 0 aromatic carbocycles. The highest BCUT2D eigenvalue weighted by molar-refractivity contribution is 5.88. The van der Waals surface area contributed by atoms with Gasteiger partial charge in [-0.2, -0.15) is 0 Å². The summed E-state index contributed by atoms with van der Waals surface area (Å²) in [6.45, 7) is 26.8. The third kappa shape index (κ3) is 38.3. The van der Waals surface area contributed by atoms with Gasteiger partial charge in [0.1, 0.15) is 12.1 Å². The highest BCUT2D eigenvalue weighted by Gasteiger charge is 2.33. The first-order chi connectivity index (χ1) is 35.0. The van der Waals surface area contributed by atoms with E-state index in [1.807, 2.05) is 37.5 Å². The minimum Gasteiger partial charge on any atom is -0.377 e. The first-order valence-corrected chi connectivity index (χ1v) is 30.7. The van der Waals surface area contributed by atoms with E-state index in [-0.39, 0.29) is 35.5 Å². The Labute approximate surface area is 445 Å². The number of carbonyl (C=O) groups excluding carboxylic acids is 4. The van der Waals surface area contributed by atoms with Crippen LogP contribution < -0.4 is 16.0 Å². The Morgan fingerprint density at radius 1 is 0.389 bits per heavy atom. The fourth-order valence-electron chi connectivity index (χ4n) is 9.90. The molecule has 0 aromatic heterocycles. The van der Waals surface area contributed by atoms with E-state index in [0.717, 1.165) is 77.7 Å². The Morgan fingerprint density at radius 3 is 1.04 bits per heavy atom. The monoisotopic (exact) mass is 1020 g/mol. The molecule has 0 fully saturated rings. The summed E-state index contributed by atoms with van der Waals surface area (Å²) in [7, 11) is 0. The smallest absolute Gasteiger partial charge is 0.243 e. The molecule has 0 saturated heterocycles. The molecule has 0 aliphatic heterocycles. The van der Waals surface area contributed by atoms with E-state index < -0.39 is 12.1 Å². The Morgan fingerprint density at radius 2 is 0.722 bits per heavy atom. The lowest BCUT2D eigenvalue weighted by Gasteiger charge is -2.34. The van der Waals surface area contributed by atoms with Crippen molar-refractivity contribution in [2.75, 3.05) is 85.3 Å². The number of nitrogens with one attached hydrogen (secondary N) is 3. The standard InChI is InChI=1S/C60H120N6O6/c1-10-15-17-19-21-23-25-27-29-31-33-35-37-41-55(67)65(47-39-43-61-12-3)57(53(6)7)59(69)62-44-49-71-51-52-72-50-45-63-60(70)58(54(8)9)66(48-40-46-64(13-4)14-5)56(68)42-38-36-34-32-30-28-26-24-22-20-18-16-11-2/h53-54,57-58,61H,10-52H2,1-9H3,(H,62,69)(H,63,70). The average Bonchev–Trinajstić information content (AvgIpc) is 3.36. The van der Waals surface area contributed by atoms with Crippen molar-refractivity contribution in [3.63, 3.8) is 0 Å². The van der Waals surface area contributed by atoms with Crippen LogP contribution in [0.3, 0.4) is 0 Å². The molecule has 0 saturated carbocycles. The zero-order chi connectivity index (χ0) is 53.3. The number of hydrogen-bond donors (Lipinski definition) is 3. The maximum absolute atomic E-state index is 13.8. The van der Waals surface area contributed by atoms with Crippen LogP contribution in [-0.2, 0) is 28.7 Å². The highest BCUT2D eigenvalue weighted by Crippen LogP contribution is 2.20. The van der Waals surface area contributed by atoms with E-state index in [2.05, 4.69) is 55.5 Å². The number of hydrogen-bond acceptors (Lipinski definition) is 8. The molecule has 4 amide bonds. The van der Waals surface area contributed by atoms with Gasteiger partial charge in [0.05, 0.1) is 26.4 Å². The SMILES string of the molecule is CCCCCCCCCCCCCCCC(=O)N(CCCNCC)C(C(=O)NCCOCCOCCNC(=O)C(C(C)C)N(CCCN(CC)CC)C(=O)CCCCCCCCCCCCCCC)C(C)C. The molecule has 2 unspecified atom stereocenters. The predicted molar refractivity (Wildman–Crippen MR) is 305 cm³/mol. The van der Waals surface area contributed by atoms with Gasteiger partial charge in [-0.3, -0.25) is 19.2 Å². The zero-order valence-electron chi connectivity index (χ0n) is 49.0. The van der Waals surface area contributed by atoms with E-state index >= 15 is 0 Å². The van der Waals surface area contributed by atoms with Gasteiger partial charge in [0.25, 0.3) is 0 Å². The van der Waals surface area contributed by atoms with E-state index in [0.29, 0.717) is 65.4 Å². The van der Waals surface area contributed by atoms with Crippen LogP contribution in [0.15, 0.2) is 0 Å². The Bertz CT molecular complexity index is 1250. The van der Waals surface area contributed by atoms with Crippen molar-refractivity contribution in [2.24, 2.45) is 11.8 Å². The minimum absolute atomic E-state index is 0.0274. The summed E-state index contributed by atoms with van der Waals surface area (Å²) in [5, 5.41) is 9.46. The van der Waals surface area contributed by atoms with Crippen LogP contribution in [0.4, 0.5) is 0 Å². The second kappa shape index (κ2) is 50.9. The number of amides is 4. The molecule has 0 rings (SSSR count). The maximum Gasteiger partial charge on any atom is 0.243 e. The van der Waals surface area contributed by atoms with E-state index in [4.69, 9.17) is 9.47 Å². The Kier molecular flexibility index (Phi) is 49.2. The molecule has 426 valence electrons. The third-order valence-electron chi connectivity index (χ3n) is 14.3. The number of ether oxygens (including phenoxy) is 2. The number of carbonyl (C=O) groups is 4. The predicted octanol–water partition coefficient (Wildman–Crippen LogP) is 12.7. The summed E-state index contributed by atoms with van der Waals surface area (Å²) in [4.78, 5) is 60.9. The summed E-state index contributed by atoms with van der Waals surface area (Å²) in [5.41, 5.74) is 0. The molecule has 0 heterocycles. The Balaban J connectivity index is 4.84. The van der Waals surface area contributed by atoms with Gasteiger partial charge in [-0.15, -0.1) is 0 Å². The van der Waals surface area contributed by atoms with Crippen LogP contribution in [0, 0.1) is 11.8 Å². The van der Waals surface area contributed by atoms with Crippen molar-refractivity contribution in [3.05, 3.63) is 0 Å². The van der Waals surface area contributed by atoms with Crippen LogP contribution in [0.2, 0.25) is 0 Å². The van der Waals surface area contributed by atoms with Crippen molar-refractivity contribution >= 4 is 23.6 Å². The zero-order valence-corrected chi connectivity index (χ0v) is 49.0. The van der Waals surface area contributed by atoms with E-state index in [1.54, 1.807) is 0 Å². The van der Waals surface area contributed by atoms with Crippen molar-refractivity contribution in [1.82, 2.24) is 30.7 Å². The molecule has 0 bridgehead atoms. The topological polar surface area (TPSA) is 133 Å². The molecule has 12 nitrogen and oxygen atoms in total. The molecule has 0 aliphatic rings. The molecule has 12 heteroatoms. The lowest BCUT2D eigenvalue weighted by atomic mass is 9.99. The summed E-state index contributed by atoms with van der Waals surface area (Å²) >= 11 is 0. The lowest BCUT2D eigenvalue weighted by Crippen LogP contribution is -2.53. The maximum atomic E-state index is 13.8. The van der Waals surface area contributed by atoms with Crippen LogP contribution in [-0.4, -0.2) is 136 Å². The quantitative estimate of drug-likeness (QED) is 0.0513. The van der Waals surface area contributed by atoms with Gasteiger partial charge in [0.15, 0.2) is 0 Å². The second-order valence-corrected chi connectivity index (χ2v) is 21.4. The molecule has 0 radical (unpaired) electrons. The van der Waals surface area contributed by atoms with Crippen LogP contribution in [0.25, 0.3) is 0 Å². The van der Waals surface area contributed by atoms with Crippen molar-refractivity contribution < 1.29 is 28.7 Å². The van der Waals surface area contributed by atoms with Crippen molar-refractivity contribution in [3.8, 4) is 0 Å². The molecule has 72 heavy (non-hydrogen) atoms. The van der Waals surface area contributed by atoms with Gasteiger partial charge in [0.2, 0.25) is 23.6 Å². The van der Waals surface area contributed by atoms with Crippen LogP contribution >= 0.6 is 0 Å². The summed E-state index contributed by atoms with van der Waals surface area (Å²) < 4.78 is 11.6. The molecule has 3 N–H and O–H groups in total. The van der Waals surface area contributed by atoms with Gasteiger partial charge in [0, 0.05) is 39.0 Å². The fraction of sp³-hybridized carbons (Fsp3) is 0.933. The van der Waals surface area contributed by atoms with Crippen molar-refractivity contribution in [2.45, 2.75) is 267 Å². The van der Waals surface area contributed by atoms with Gasteiger partial charge < -0.3 is 40.1 Å². The van der Waals surface area contributed by atoms with Crippen LogP contribution in [0.1, 0.15) is 255 Å². The largest absolute Gasteiger partial charge is 0.377 e. The third-order valence-corrected chi connectivity index (χ3v) is 14.3. The first kappa shape index (κ1) is 69.7. The minimum atomic E-state index is -0.531. The van der Waals surface area contributed by atoms with E-state index in [9.17, 15) is 19.2 Å². The summed E-state index contributed by atoms with van der Waals surface area (Å²) in [6.07, 6.45) is 35.5. The Hall–Kier alpha value is -2.28. The molecule has 2 atom stereocenters. The summed E-state index contributed by atoms with van der Waals surface area (Å²) in [6, 6.07) is -1.06. The molecular weight excluding hydrogens is 901 g/mol. The van der Waals surface area contributed by atoms with Crippen molar-refractivity contribution in [1.29, 1.82) is 0 Å². The normalized spacial score (nSPS) is 12.5. The molecule has 0 spiro atoms. The molecular formula is C60H120N6O6. The summed E-state index contributed by atoms with van der Waals surface area (Å²) in [5.74, 6) is -0.155. The fourth-order valence-corrected chi connectivity index (χ4v) is 9.90. The van der Waals surface area contributed by atoms with Gasteiger partial charge in [-0.25, -0.2) is 0 Å². The lowest BCUT2D eigenvalue weighted by molar-refractivity contribution is -0.142. The molecule has 0 aliphatic carbocycles. The van der Waals surface area contributed by atoms with Gasteiger partial charge in [-0.05, 0) is 70.2 Å². The second-order valence-electron chi connectivity index (χ2n) is 21.4. The number of unbranched alkanes of at least 4 members (excludes halogenated alkanes) is 24. The number of rotatable bonds is 54. The first-order valence-electron chi connectivity index (χ1n) is 30.7. The van der Waals surface area contributed by atoms with Gasteiger partial charge >= 0.3 is 0 Å². The van der Waals surface area contributed by atoms with Gasteiger partial charge in [-0.1, -0.05) is 216 Å². The molecule has 0 aromatic rings.